The van der Waals surface area contributed by atoms with E-state index in [9.17, 15) is 18.0 Å². The standard InChI is InChI=1S/C13H16F3N3O2/c14-13(15,16)10-2-3-17-11(8-10)19-5-1-4-18(6-7-19)9-12(20)21/h2-3,8H,1,4-7,9H2,(H,20,21). The lowest BCUT2D eigenvalue weighted by molar-refractivity contribution is -0.138. The summed E-state index contributed by atoms with van der Waals surface area (Å²) in [7, 11) is 0. The maximum Gasteiger partial charge on any atom is 0.416 e. The molecule has 5 nitrogen and oxygen atoms in total. The Kier molecular flexibility index (Phi) is 4.66. The Bertz CT molecular complexity index is 508. The molecule has 2 heterocycles. The van der Waals surface area contributed by atoms with Gasteiger partial charge >= 0.3 is 12.1 Å². The molecule has 0 spiro atoms. The van der Waals surface area contributed by atoms with Crippen LogP contribution in [-0.2, 0) is 11.0 Å². The fourth-order valence-electron chi connectivity index (χ4n) is 2.32. The van der Waals surface area contributed by atoms with E-state index in [1.807, 2.05) is 0 Å². The molecule has 1 aliphatic rings. The quantitative estimate of drug-likeness (QED) is 0.921. The van der Waals surface area contributed by atoms with Crippen molar-refractivity contribution in [1.29, 1.82) is 0 Å². The highest BCUT2D eigenvalue weighted by Crippen LogP contribution is 2.30. The lowest BCUT2D eigenvalue weighted by atomic mass is 10.2. The summed E-state index contributed by atoms with van der Waals surface area (Å²) in [5.41, 5.74) is -0.723. The maximum atomic E-state index is 12.7. The number of pyridine rings is 1. The minimum atomic E-state index is -4.39. The highest BCUT2D eigenvalue weighted by Gasteiger charge is 2.31. The summed E-state index contributed by atoms with van der Waals surface area (Å²) in [6.45, 7) is 2.07. The van der Waals surface area contributed by atoms with E-state index >= 15 is 0 Å². The minimum absolute atomic E-state index is 0.0517. The van der Waals surface area contributed by atoms with Crippen molar-refractivity contribution in [3.63, 3.8) is 0 Å². The number of carboxylic acid groups (broad SMARTS) is 1. The first-order valence-electron chi connectivity index (χ1n) is 6.58. The average Bonchev–Trinajstić information content (AvgIpc) is 2.63. The van der Waals surface area contributed by atoms with Crippen LogP contribution >= 0.6 is 0 Å². The van der Waals surface area contributed by atoms with Crippen LogP contribution in [0.25, 0.3) is 0 Å². The summed E-state index contributed by atoms with van der Waals surface area (Å²) < 4.78 is 38.1. The number of aliphatic carboxylic acids is 1. The molecule has 0 amide bonds. The summed E-state index contributed by atoms with van der Waals surface area (Å²) in [6.07, 6.45) is -2.55. The molecular formula is C13H16F3N3O2. The van der Waals surface area contributed by atoms with E-state index in [4.69, 9.17) is 5.11 Å². The largest absolute Gasteiger partial charge is 0.480 e. The average molecular weight is 303 g/mol. The minimum Gasteiger partial charge on any atom is -0.480 e. The lowest BCUT2D eigenvalue weighted by Gasteiger charge is -2.22. The summed E-state index contributed by atoms with van der Waals surface area (Å²) in [5.74, 6) is -0.623. The number of hydrogen-bond acceptors (Lipinski definition) is 4. The maximum absolute atomic E-state index is 12.7. The number of alkyl halides is 3. The van der Waals surface area contributed by atoms with Gasteiger partial charge in [-0.3, -0.25) is 9.69 Å². The molecule has 1 N–H and O–H groups in total. The molecule has 0 aliphatic carbocycles. The molecule has 0 bridgehead atoms. The molecule has 0 aromatic carbocycles. The van der Waals surface area contributed by atoms with Gasteiger partial charge in [0.25, 0.3) is 0 Å². The zero-order valence-corrected chi connectivity index (χ0v) is 11.3. The van der Waals surface area contributed by atoms with Crippen molar-refractivity contribution in [1.82, 2.24) is 9.88 Å². The smallest absolute Gasteiger partial charge is 0.416 e. The fraction of sp³-hybridized carbons (Fsp3) is 0.538. The number of halogens is 3. The van der Waals surface area contributed by atoms with Crippen molar-refractivity contribution < 1.29 is 23.1 Å². The Labute approximate surface area is 120 Å². The highest BCUT2D eigenvalue weighted by atomic mass is 19.4. The van der Waals surface area contributed by atoms with Crippen LogP contribution in [0, 0.1) is 0 Å². The molecule has 0 atom stereocenters. The van der Waals surface area contributed by atoms with E-state index in [1.54, 1.807) is 9.80 Å². The number of anilines is 1. The number of rotatable bonds is 3. The molecule has 1 aliphatic heterocycles. The van der Waals surface area contributed by atoms with Crippen molar-refractivity contribution in [3.8, 4) is 0 Å². The van der Waals surface area contributed by atoms with Gasteiger partial charge in [0.2, 0.25) is 0 Å². The van der Waals surface area contributed by atoms with Gasteiger partial charge in [-0.15, -0.1) is 0 Å². The molecule has 2 rings (SSSR count). The van der Waals surface area contributed by atoms with Crippen LogP contribution in [0.4, 0.5) is 19.0 Å². The molecule has 116 valence electrons. The van der Waals surface area contributed by atoms with E-state index in [1.165, 1.54) is 0 Å². The Morgan fingerprint density at radius 2 is 2.05 bits per heavy atom. The van der Waals surface area contributed by atoms with Crippen molar-refractivity contribution in [2.45, 2.75) is 12.6 Å². The molecule has 8 heteroatoms. The van der Waals surface area contributed by atoms with Crippen LogP contribution in [0.3, 0.4) is 0 Å². The molecule has 0 radical (unpaired) electrons. The second-order valence-corrected chi connectivity index (χ2v) is 4.91. The van der Waals surface area contributed by atoms with Gasteiger partial charge in [0.15, 0.2) is 0 Å². The van der Waals surface area contributed by atoms with Gasteiger partial charge in [0, 0.05) is 32.4 Å². The molecule has 1 saturated heterocycles. The number of aromatic nitrogens is 1. The predicted molar refractivity (Wildman–Crippen MR) is 70.1 cm³/mol. The van der Waals surface area contributed by atoms with Crippen molar-refractivity contribution in [3.05, 3.63) is 23.9 Å². The van der Waals surface area contributed by atoms with E-state index in [-0.39, 0.29) is 12.4 Å². The fourth-order valence-corrected chi connectivity index (χ4v) is 2.32. The lowest BCUT2D eigenvalue weighted by Crippen LogP contribution is -2.34. The van der Waals surface area contributed by atoms with Crippen LogP contribution in [0.5, 0.6) is 0 Å². The van der Waals surface area contributed by atoms with Crippen LogP contribution < -0.4 is 4.90 Å². The van der Waals surface area contributed by atoms with E-state index in [0.29, 0.717) is 32.6 Å². The number of carbonyl (C=O) groups is 1. The normalized spacial score (nSPS) is 17.6. The zero-order chi connectivity index (χ0) is 15.5. The van der Waals surface area contributed by atoms with Gasteiger partial charge in [-0.1, -0.05) is 0 Å². The molecule has 1 aromatic heterocycles. The molecule has 0 saturated carbocycles. The first-order chi connectivity index (χ1) is 9.86. The van der Waals surface area contributed by atoms with Crippen LogP contribution in [0.15, 0.2) is 18.3 Å². The van der Waals surface area contributed by atoms with Gasteiger partial charge in [0.05, 0.1) is 12.1 Å². The Morgan fingerprint density at radius 3 is 2.71 bits per heavy atom. The van der Waals surface area contributed by atoms with Gasteiger partial charge in [-0.2, -0.15) is 13.2 Å². The van der Waals surface area contributed by atoms with Crippen molar-refractivity contribution in [2.75, 3.05) is 37.6 Å². The third kappa shape index (κ3) is 4.32. The van der Waals surface area contributed by atoms with Crippen molar-refractivity contribution in [2.24, 2.45) is 0 Å². The van der Waals surface area contributed by atoms with Gasteiger partial charge in [-0.05, 0) is 18.6 Å². The molecule has 0 unspecified atom stereocenters. The predicted octanol–water partition coefficient (Wildman–Crippen LogP) is 1.70. The topological polar surface area (TPSA) is 56.7 Å². The summed E-state index contributed by atoms with van der Waals surface area (Å²) >= 11 is 0. The van der Waals surface area contributed by atoms with Crippen molar-refractivity contribution >= 4 is 11.8 Å². The molecule has 21 heavy (non-hydrogen) atoms. The second kappa shape index (κ2) is 6.30. The SMILES string of the molecule is O=C(O)CN1CCCN(c2cc(C(F)(F)F)ccn2)CC1. The Morgan fingerprint density at radius 1 is 1.29 bits per heavy atom. The van der Waals surface area contributed by atoms with E-state index in [2.05, 4.69) is 4.98 Å². The highest BCUT2D eigenvalue weighted by molar-refractivity contribution is 5.69. The van der Waals surface area contributed by atoms with Gasteiger partial charge in [0.1, 0.15) is 5.82 Å². The first-order valence-corrected chi connectivity index (χ1v) is 6.58. The second-order valence-electron chi connectivity index (χ2n) is 4.91. The number of nitrogens with zero attached hydrogens (tertiary/aromatic N) is 3. The van der Waals surface area contributed by atoms with Gasteiger partial charge < -0.3 is 10.0 Å². The number of carboxylic acids is 1. The van der Waals surface area contributed by atoms with E-state index < -0.39 is 17.7 Å². The third-order valence-electron chi connectivity index (χ3n) is 3.34. The molecular weight excluding hydrogens is 287 g/mol. The third-order valence-corrected chi connectivity index (χ3v) is 3.34. The zero-order valence-electron chi connectivity index (χ0n) is 11.3. The summed E-state index contributed by atoms with van der Waals surface area (Å²) in [5, 5.41) is 8.77. The van der Waals surface area contributed by atoms with Crippen LogP contribution in [-0.4, -0.2) is 53.7 Å². The van der Waals surface area contributed by atoms with Gasteiger partial charge in [-0.25, -0.2) is 4.98 Å². The van der Waals surface area contributed by atoms with Crippen LogP contribution in [0.1, 0.15) is 12.0 Å². The monoisotopic (exact) mass is 303 g/mol. The summed E-state index contributed by atoms with van der Waals surface area (Å²) in [4.78, 5) is 18.2. The van der Waals surface area contributed by atoms with E-state index in [0.717, 1.165) is 18.3 Å². The Balaban J connectivity index is 2.07. The Hall–Kier alpha value is -1.83. The summed E-state index contributed by atoms with van der Waals surface area (Å²) in [6, 6.07) is 1.98. The molecule has 1 aromatic rings. The first kappa shape index (κ1) is 15.6. The number of hydrogen-bond donors (Lipinski definition) is 1. The molecule has 1 fully saturated rings. The van der Waals surface area contributed by atoms with Crippen LogP contribution in [0.2, 0.25) is 0 Å².